The number of hydrogen-bond acceptors (Lipinski definition) is 2. The molecule has 0 amide bonds. The van der Waals surface area contributed by atoms with Crippen LogP contribution in [-0.2, 0) is 0 Å². The lowest BCUT2D eigenvalue weighted by atomic mass is 10.1. The van der Waals surface area contributed by atoms with Gasteiger partial charge in [-0.05, 0) is 53.4 Å². The Kier molecular flexibility index (Phi) is 3.53. The molecule has 3 rings (SSSR count). The second-order valence-corrected chi connectivity index (χ2v) is 4.28. The number of nitrogens with zero attached hydrogens (tertiary/aromatic N) is 2. The fourth-order valence-corrected chi connectivity index (χ4v) is 1.86. The molecule has 0 N–H and O–H groups in total. The van der Waals surface area contributed by atoms with E-state index in [0.29, 0.717) is 0 Å². The number of pyridine rings is 2. The summed E-state index contributed by atoms with van der Waals surface area (Å²) in [7, 11) is 0. The van der Waals surface area contributed by atoms with Crippen molar-refractivity contribution in [3.8, 4) is 23.0 Å². The van der Waals surface area contributed by atoms with Gasteiger partial charge in [0.1, 0.15) is 5.69 Å². The van der Waals surface area contributed by atoms with Crippen molar-refractivity contribution in [1.82, 2.24) is 9.97 Å². The summed E-state index contributed by atoms with van der Waals surface area (Å²) >= 11 is 0. The van der Waals surface area contributed by atoms with Crippen LogP contribution in [-0.4, -0.2) is 9.97 Å². The molecule has 0 bridgehead atoms. The highest BCUT2D eigenvalue weighted by Crippen LogP contribution is 2.18. The first-order chi connectivity index (χ1) is 9.92. The summed E-state index contributed by atoms with van der Waals surface area (Å²) in [4.78, 5) is 8.20. The Morgan fingerprint density at radius 3 is 2.10 bits per heavy atom. The summed E-state index contributed by atoms with van der Waals surface area (Å²) in [6, 6.07) is 17.9. The highest BCUT2D eigenvalue weighted by molar-refractivity contribution is 5.63. The number of benzene rings is 1. The van der Waals surface area contributed by atoms with Gasteiger partial charge in [0.2, 0.25) is 0 Å². The van der Waals surface area contributed by atoms with Crippen molar-refractivity contribution in [1.29, 1.82) is 0 Å². The number of rotatable bonds is 1. The van der Waals surface area contributed by atoms with Crippen LogP contribution in [0.4, 0.5) is 0 Å². The molecule has 0 spiro atoms. The van der Waals surface area contributed by atoms with E-state index in [2.05, 4.69) is 33.9 Å². The van der Waals surface area contributed by atoms with Crippen LogP contribution in [0.2, 0.25) is 0 Å². The highest BCUT2D eigenvalue weighted by Gasteiger charge is 1.96. The third kappa shape index (κ3) is 2.90. The van der Waals surface area contributed by atoms with Crippen molar-refractivity contribution < 1.29 is 0 Å². The average molecular weight is 256 g/mol. The molecule has 20 heavy (non-hydrogen) atoms. The van der Waals surface area contributed by atoms with Crippen LogP contribution in [0.5, 0.6) is 0 Å². The Hall–Kier alpha value is -2.92. The average Bonchev–Trinajstić information content (AvgIpc) is 2.55. The van der Waals surface area contributed by atoms with Crippen molar-refractivity contribution in [2.75, 3.05) is 0 Å². The Morgan fingerprint density at radius 1 is 0.650 bits per heavy atom. The lowest BCUT2D eigenvalue weighted by molar-refractivity contribution is 1.29. The van der Waals surface area contributed by atoms with Crippen LogP contribution in [0, 0.1) is 11.8 Å². The normalized spacial score (nSPS) is 9.60. The second kappa shape index (κ2) is 5.81. The first kappa shape index (κ1) is 12.1. The molecule has 0 aliphatic heterocycles. The molecule has 0 saturated heterocycles. The zero-order chi connectivity index (χ0) is 13.6. The minimum absolute atomic E-state index is 0.783. The predicted octanol–water partition coefficient (Wildman–Crippen LogP) is 3.54. The summed E-state index contributed by atoms with van der Waals surface area (Å²) in [5, 5.41) is 0. The van der Waals surface area contributed by atoms with E-state index in [1.807, 2.05) is 42.5 Å². The number of hydrogen-bond donors (Lipinski definition) is 0. The van der Waals surface area contributed by atoms with Gasteiger partial charge in [-0.3, -0.25) is 4.98 Å². The van der Waals surface area contributed by atoms with Crippen LogP contribution in [0.15, 0.2) is 73.2 Å². The molecule has 2 aromatic heterocycles. The van der Waals surface area contributed by atoms with Crippen molar-refractivity contribution >= 4 is 0 Å². The first-order valence-corrected chi connectivity index (χ1v) is 6.35. The zero-order valence-corrected chi connectivity index (χ0v) is 10.8. The minimum Gasteiger partial charge on any atom is -0.265 e. The smallest absolute Gasteiger partial charge is 0.113 e. The van der Waals surface area contributed by atoms with E-state index in [-0.39, 0.29) is 0 Å². The van der Waals surface area contributed by atoms with Crippen molar-refractivity contribution in [3.05, 3.63) is 84.4 Å². The Bertz CT molecular complexity index is 736. The molecular weight excluding hydrogens is 244 g/mol. The van der Waals surface area contributed by atoms with E-state index >= 15 is 0 Å². The molecule has 0 radical (unpaired) electrons. The topological polar surface area (TPSA) is 25.8 Å². The lowest BCUT2D eigenvalue weighted by Crippen LogP contribution is -1.81. The third-order valence-corrected chi connectivity index (χ3v) is 2.90. The molecule has 2 heteroatoms. The molecule has 3 aromatic rings. The van der Waals surface area contributed by atoms with E-state index in [0.717, 1.165) is 22.4 Å². The molecule has 0 unspecified atom stereocenters. The van der Waals surface area contributed by atoms with Gasteiger partial charge in [0.25, 0.3) is 0 Å². The second-order valence-electron chi connectivity index (χ2n) is 4.28. The van der Waals surface area contributed by atoms with Crippen LogP contribution in [0.3, 0.4) is 0 Å². The third-order valence-electron chi connectivity index (χ3n) is 2.90. The zero-order valence-electron chi connectivity index (χ0n) is 10.8. The quantitative estimate of drug-likeness (QED) is 0.622. The number of aromatic nitrogens is 2. The Morgan fingerprint density at radius 2 is 1.40 bits per heavy atom. The van der Waals surface area contributed by atoms with Gasteiger partial charge in [-0.25, -0.2) is 4.98 Å². The summed E-state index contributed by atoms with van der Waals surface area (Å²) in [6.45, 7) is 0. The molecule has 2 nitrogen and oxygen atoms in total. The van der Waals surface area contributed by atoms with Gasteiger partial charge in [0.15, 0.2) is 0 Å². The van der Waals surface area contributed by atoms with E-state index < -0.39 is 0 Å². The Labute approximate surface area is 118 Å². The molecule has 2 heterocycles. The van der Waals surface area contributed by atoms with E-state index in [1.54, 1.807) is 18.6 Å². The van der Waals surface area contributed by atoms with Crippen molar-refractivity contribution in [2.24, 2.45) is 0 Å². The summed E-state index contributed by atoms with van der Waals surface area (Å²) in [5.74, 6) is 6.16. The maximum absolute atomic E-state index is 4.18. The molecule has 0 aliphatic rings. The van der Waals surface area contributed by atoms with Gasteiger partial charge >= 0.3 is 0 Å². The maximum atomic E-state index is 4.18. The summed E-state index contributed by atoms with van der Waals surface area (Å²) in [6.07, 6.45) is 5.34. The predicted molar refractivity (Wildman–Crippen MR) is 79.9 cm³/mol. The summed E-state index contributed by atoms with van der Waals surface area (Å²) < 4.78 is 0. The van der Waals surface area contributed by atoms with Gasteiger partial charge < -0.3 is 0 Å². The van der Waals surface area contributed by atoms with Gasteiger partial charge in [0, 0.05) is 24.2 Å². The fraction of sp³-hybridized carbons (Fsp3) is 0. The lowest BCUT2D eigenvalue weighted by Gasteiger charge is -2.00. The molecule has 1 aromatic carbocycles. The molecular formula is C18H12N2. The molecule has 94 valence electrons. The Balaban J connectivity index is 1.83. The largest absolute Gasteiger partial charge is 0.265 e. The highest BCUT2D eigenvalue weighted by atomic mass is 14.6. The van der Waals surface area contributed by atoms with E-state index in [9.17, 15) is 0 Å². The fourth-order valence-electron chi connectivity index (χ4n) is 1.86. The van der Waals surface area contributed by atoms with Crippen LogP contribution in [0.25, 0.3) is 11.1 Å². The van der Waals surface area contributed by atoms with Crippen molar-refractivity contribution in [3.63, 3.8) is 0 Å². The van der Waals surface area contributed by atoms with E-state index in [4.69, 9.17) is 0 Å². The van der Waals surface area contributed by atoms with Gasteiger partial charge in [-0.1, -0.05) is 24.1 Å². The molecule has 0 atom stereocenters. The first-order valence-electron chi connectivity index (χ1n) is 6.35. The van der Waals surface area contributed by atoms with Crippen molar-refractivity contribution in [2.45, 2.75) is 0 Å². The van der Waals surface area contributed by atoms with Crippen LogP contribution >= 0.6 is 0 Å². The minimum atomic E-state index is 0.783. The summed E-state index contributed by atoms with van der Waals surface area (Å²) in [5.41, 5.74) is 4.08. The monoisotopic (exact) mass is 256 g/mol. The van der Waals surface area contributed by atoms with Gasteiger partial charge in [-0.15, -0.1) is 0 Å². The SMILES string of the molecule is C(#Cc1ccccn1)c1ccc(-c2ccncc2)cc1. The standard InChI is InChI=1S/C18H12N2/c1-2-12-20-18(3-1)9-6-15-4-7-16(8-5-15)17-10-13-19-14-11-17/h1-5,7-8,10-14H. The van der Waals surface area contributed by atoms with Crippen LogP contribution < -0.4 is 0 Å². The van der Waals surface area contributed by atoms with E-state index in [1.165, 1.54) is 0 Å². The van der Waals surface area contributed by atoms with Gasteiger partial charge in [-0.2, -0.15) is 0 Å². The molecule has 0 saturated carbocycles. The molecule has 0 aliphatic carbocycles. The maximum Gasteiger partial charge on any atom is 0.113 e. The van der Waals surface area contributed by atoms with Gasteiger partial charge in [0.05, 0.1) is 0 Å². The molecule has 0 fully saturated rings. The van der Waals surface area contributed by atoms with Crippen LogP contribution in [0.1, 0.15) is 11.3 Å².